The molecule has 5 rings (SSSR count). The lowest BCUT2D eigenvalue weighted by Crippen LogP contribution is -2.53. The molecule has 2 aliphatic carbocycles. The molecule has 0 saturated heterocycles. The molecule has 8 nitrogen and oxygen atoms in total. The number of anilines is 1. The van der Waals surface area contributed by atoms with Crippen LogP contribution in [0.2, 0.25) is 5.02 Å². The highest BCUT2D eigenvalue weighted by molar-refractivity contribution is 6.30. The first-order valence-corrected chi connectivity index (χ1v) is 17.2. The van der Waals surface area contributed by atoms with Crippen molar-refractivity contribution >= 4 is 29.2 Å². The number of halogens is 1. The van der Waals surface area contributed by atoms with Crippen molar-refractivity contribution in [3.63, 3.8) is 0 Å². The van der Waals surface area contributed by atoms with Gasteiger partial charge in [-0.3, -0.25) is 4.79 Å². The SMILES string of the molecule is C=CCCN(C)C(=O)C1([C@@](O)(C(=O)OC)c2ccc3c(c2)N(C[C@@H]2CC[C@H]2[C@@H](O)C=C)CCCCc2cc(Cl)ccc2CO3)CC1C. The summed E-state index contributed by atoms with van der Waals surface area (Å²) in [5.74, 6) is -0.470. The molecule has 0 aromatic heterocycles. The van der Waals surface area contributed by atoms with Gasteiger partial charge in [-0.1, -0.05) is 42.8 Å². The minimum absolute atomic E-state index is 0.107. The summed E-state index contributed by atoms with van der Waals surface area (Å²) in [6.07, 6.45) is 8.28. The molecule has 2 fully saturated rings. The third kappa shape index (κ3) is 6.57. The summed E-state index contributed by atoms with van der Waals surface area (Å²) in [4.78, 5) is 31.6. The summed E-state index contributed by atoms with van der Waals surface area (Å²) in [5.41, 5.74) is -0.372. The second-order valence-corrected chi connectivity index (χ2v) is 14.0. The maximum Gasteiger partial charge on any atom is 0.343 e. The Kier molecular flexibility index (Phi) is 10.7. The average Bonchev–Trinajstić information content (AvgIpc) is 3.76. The maximum absolute atomic E-state index is 14.1. The van der Waals surface area contributed by atoms with E-state index in [0.29, 0.717) is 55.4 Å². The van der Waals surface area contributed by atoms with E-state index >= 15 is 0 Å². The van der Waals surface area contributed by atoms with Crippen LogP contribution in [0.5, 0.6) is 5.75 Å². The third-order valence-corrected chi connectivity index (χ3v) is 11.1. The van der Waals surface area contributed by atoms with Gasteiger partial charge >= 0.3 is 5.97 Å². The van der Waals surface area contributed by atoms with Gasteiger partial charge in [-0.05, 0) is 104 Å². The number of rotatable bonds is 11. The molecule has 1 amide bonds. The number of aliphatic hydroxyl groups excluding tert-OH is 1. The molecule has 3 aliphatic rings. The fourth-order valence-corrected chi connectivity index (χ4v) is 7.90. The first kappa shape index (κ1) is 35.0. The summed E-state index contributed by atoms with van der Waals surface area (Å²) in [5, 5.41) is 23.9. The van der Waals surface area contributed by atoms with Crippen molar-refractivity contribution in [3.8, 4) is 5.75 Å². The summed E-state index contributed by atoms with van der Waals surface area (Å²) < 4.78 is 11.8. The van der Waals surface area contributed by atoms with Gasteiger partial charge in [-0.15, -0.1) is 13.2 Å². The largest absolute Gasteiger partial charge is 0.487 e. The van der Waals surface area contributed by atoms with Crippen molar-refractivity contribution in [1.82, 2.24) is 4.90 Å². The Balaban J connectivity index is 1.60. The molecule has 1 heterocycles. The van der Waals surface area contributed by atoms with E-state index < -0.39 is 23.1 Å². The van der Waals surface area contributed by atoms with E-state index in [1.54, 1.807) is 36.2 Å². The van der Waals surface area contributed by atoms with Crippen molar-refractivity contribution < 1.29 is 29.3 Å². The highest BCUT2D eigenvalue weighted by Gasteiger charge is 2.74. The molecule has 2 unspecified atom stereocenters. The predicted octanol–water partition coefficient (Wildman–Crippen LogP) is 6.06. The molecule has 2 aromatic carbocycles. The Morgan fingerprint density at radius 3 is 2.62 bits per heavy atom. The number of esters is 1. The van der Waals surface area contributed by atoms with Gasteiger partial charge in [0.15, 0.2) is 0 Å². The van der Waals surface area contributed by atoms with Crippen molar-refractivity contribution in [3.05, 3.63) is 83.4 Å². The fourth-order valence-electron chi connectivity index (χ4n) is 7.71. The lowest BCUT2D eigenvalue weighted by molar-refractivity contribution is -0.180. The molecule has 254 valence electrons. The van der Waals surface area contributed by atoms with Crippen molar-refractivity contribution in [2.24, 2.45) is 23.2 Å². The van der Waals surface area contributed by atoms with E-state index in [1.807, 2.05) is 31.2 Å². The Hall–Kier alpha value is -3.33. The van der Waals surface area contributed by atoms with Crippen LogP contribution < -0.4 is 9.64 Å². The van der Waals surface area contributed by atoms with Gasteiger partial charge < -0.3 is 29.5 Å². The van der Waals surface area contributed by atoms with Gasteiger partial charge in [0.2, 0.25) is 11.5 Å². The van der Waals surface area contributed by atoms with Crippen LogP contribution in [-0.2, 0) is 33.0 Å². The monoisotopic (exact) mass is 664 g/mol. The molecule has 1 aliphatic heterocycles. The zero-order valence-corrected chi connectivity index (χ0v) is 28.7. The van der Waals surface area contributed by atoms with Crippen LogP contribution in [0.15, 0.2) is 61.7 Å². The zero-order chi connectivity index (χ0) is 33.9. The molecule has 2 N–H and O–H groups in total. The minimum Gasteiger partial charge on any atom is -0.487 e. The molecule has 47 heavy (non-hydrogen) atoms. The quantitative estimate of drug-likeness (QED) is 0.223. The molecule has 6 atom stereocenters. The molecular formula is C38H49ClN2O6. The number of nitrogens with zero attached hydrogens (tertiary/aromatic N) is 2. The highest BCUT2D eigenvalue weighted by Crippen LogP contribution is 2.64. The third-order valence-electron chi connectivity index (χ3n) is 10.8. The number of ether oxygens (including phenoxy) is 2. The van der Waals surface area contributed by atoms with Crippen molar-refractivity contribution in [2.75, 3.05) is 38.7 Å². The highest BCUT2D eigenvalue weighted by atomic mass is 35.5. The Labute approximate surface area is 284 Å². The van der Waals surface area contributed by atoms with Gasteiger partial charge in [0, 0.05) is 31.7 Å². The number of carbonyl (C=O) groups is 2. The molecule has 9 heteroatoms. The van der Waals surface area contributed by atoms with E-state index in [2.05, 4.69) is 18.1 Å². The summed E-state index contributed by atoms with van der Waals surface area (Å²) in [6, 6.07) is 11.2. The molecular weight excluding hydrogens is 616 g/mol. The first-order valence-electron chi connectivity index (χ1n) is 16.8. The van der Waals surface area contributed by atoms with E-state index in [0.717, 1.165) is 48.9 Å². The van der Waals surface area contributed by atoms with Crippen LogP contribution in [0.25, 0.3) is 0 Å². The van der Waals surface area contributed by atoms with Crippen molar-refractivity contribution in [2.45, 2.75) is 70.2 Å². The van der Waals surface area contributed by atoms with Crippen molar-refractivity contribution in [1.29, 1.82) is 0 Å². The number of aryl methyl sites for hydroxylation is 1. The van der Waals surface area contributed by atoms with E-state index in [1.165, 1.54) is 7.11 Å². The zero-order valence-electron chi connectivity index (χ0n) is 27.9. The van der Waals surface area contributed by atoms with Crippen LogP contribution >= 0.6 is 11.6 Å². The molecule has 0 radical (unpaired) electrons. The van der Waals surface area contributed by atoms with Gasteiger partial charge in [0.1, 0.15) is 12.4 Å². The van der Waals surface area contributed by atoms with Gasteiger partial charge in [-0.25, -0.2) is 4.79 Å². The fraction of sp³-hybridized carbons (Fsp3) is 0.526. The van der Waals surface area contributed by atoms with Gasteiger partial charge in [0.25, 0.3) is 0 Å². The second-order valence-electron chi connectivity index (χ2n) is 13.6. The number of benzene rings is 2. The van der Waals surface area contributed by atoms with Crippen LogP contribution in [-0.4, -0.2) is 66.9 Å². The van der Waals surface area contributed by atoms with Crippen LogP contribution in [0, 0.1) is 23.2 Å². The second kappa shape index (κ2) is 14.4. The number of hydrogen-bond acceptors (Lipinski definition) is 7. The van der Waals surface area contributed by atoms with Crippen LogP contribution in [0.4, 0.5) is 5.69 Å². The van der Waals surface area contributed by atoms with E-state index in [4.69, 9.17) is 21.1 Å². The molecule has 0 bridgehead atoms. The summed E-state index contributed by atoms with van der Waals surface area (Å²) >= 11 is 6.36. The number of amides is 1. The Bertz CT molecular complexity index is 1500. The number of methoxy groups -OCH3 is 1. The van der Waals surface area contributed by atoms with Gasteiger partial charge in [0.05, 0.1) is 24.3 Å². The Morgan fingerprint density at radius 1 is 1.21 bits per heavy atom. The summed E-state index contributed by atoms with van der Waals surface area (Å²) in [7, 11) is 2.94. The predicted molar refractivity (Wildman–Crippen MR) is 184 cm³/mol. The number of carbonyl (C=O) groups excluding carboxylic acids is 2. The minimum atomic E-state index is -2.23. The number of fused-ring (bicyclic) bond motifs is 2. The lowest BCUT2D eigenvalue weighted by atomic mass is 9.70. The van der Waals surface area contributed by atoms with E-state index in [-0.39, 0.29) is 23.7 Å². The lowest BCUT2D eigenvalue weighted by Gasteiger charge is -2.43. The average molecular weight is 665 g/mol. The topological polar surface area (TPSA) is 99.5 Å². The smallest absolute Gasteiger partial charge is 0.343 e. The van der Waals surface area contributed by atoms with E-state index in [9.17, 15) is 19.8 Å². The van der Waals surface area contributed by atoms with Crippen LogP contribution in [0.1, 0.15) is 62.1 Å². The first-order chi connectivity index (χ1) is 22.5. The molecule has 2 saturated carbocycles. The summed E-state index contributed by atoms with van der Waals surface area (Å²) in [6.45, 7) is 11.6. The molecule has 0 spiro atoms. The standard InChI is InChI=1S/C38H49ClN2O6/c1-6-8-18-40(4)35(43)37(22-25(37)3)38(45,36(44)46-5)29-14-17-34-32(21-29)41(23-27-13-16-31(27)33(42)7-2)19-10-9-11-26-20-30(39)15-12-28(26)24-47-34/h6-7,12,14-15,17,20-21,25,27,31,33,42,45H,1-2,8-11,13,16,18-19,22-24H2,3-5H3/t25?,27-,31+,33-,37?,38-/m0/s1. The maximum atomic E-state index is 14.1. The number of hydrogen-bond donors (Lipinski definition) is 2. The molecule has 2 aromatic rings. The van der Waals surface area contributed by atoms with Gasteiger partial charge in [-0.2, -0.15) is 0 Å². The normalized spacial score (nSPS) is 25.7. The van der Waals surface area contributed by atoms with Crippen LogP contribution in [0.3, 0.4) is 0 Å². The Morgan fingerprint density at radius 2 is 1.98 bits per heavy atom. The number of aliphatic hydroxyl groups is 2.